The SMILES string of the molecule is NCC1(c2cc(Br)cc(OCC3CC3)c2)CCCC1. The maximum absolute atomic E-state index is 6.08. The van der Waals surface area contributed by atoms with Crippen molar-refractivity contribution < 1.29 is 4.74 Å². The molecular formula is C16H22BrNO. The first-order valence-corrected chi connectivity index (χ1v) is 8.15. The van der Waals surface area contributed by atoms with Crippen LogP contribution in [0.5, 0.6) is 5.75 Å². The Balaban J connectivity index is 1.83. The summed E-state index contributed by atoms with van der Waals surface area (Å²) < 4.78 is 7.04. The van der Waals surface area contributed by atoms with Crippen molar-refractivity contribution in [1.82, 2.24) is 0 Å². The average molecular weight is 324 g/mol. The molecule has 1 aromatic carbocycles. The van der Waals surface area contributed by atoms with Crippen LogP contribution in [0, 0.1) is 5.92 Å². The average Bonchev–Trinajstić information content (AvgIpc) is 3.11. The molecular weight excluding hydrogens is 302 g/mol. The van der Waals surface area contributed by atoms with Gasteiger partial charge in [0.1, 0.15) is 5.75 Å². The molecule has 19 heavy (non-hydrogen) atoms. The van der Waals surface area contributed by atoms with Gasteiger partial charge < -0.3 is 10.5 Å². The van der Waals surface area contributed by atoms with Crippen LogP contribution in [0.15, 0.2) is 22.7 Å². The molecule has 0 radical (unpaired) electrons. The quantitative estimate of drug-likeness (QED) is 0.888. The van der Waals surface area contributed by atoms with Gasteiger partial charge >= 0.3 is 0 Å². The van der Waals surface area contributed by atoms with Crippen molar-refractivity contribution in [2.24, 2.45) is 11.7 Å². The summed E-state index contributed by atoms with van der Waals surface area (Å²) in [5, 5.41) is 0. The highest BCUT2D eigenvalue weighted by Gasteiger charge is 2.34. The topological polar surface area (TPSA) is 35.2 Å². The van der Waals surface area contributed by atoms with Gasteiger partial charge in [-0.25, -0.2) is 0 Å². The Morgan fingerprint density at radius 1 is 1.21 bits per heavy atom. The van der Waals surface area contributed by atoms with Crippen LogP contribution >= 0.6 is 15.9 Å². The third kappa shape index (κ3) is 2.97. The predicted molar refractivity (Wildman–Crippen MR) is 81.6 cm³/mol. The van der Waals surface area contributed by atoms with Gasteiger partial charge in [0.2, 0.25) is 0 Å². The first-order valence-electron chi connectivity index (χ1n) is 7.36. The Morgan fingerprint density at radius 3 is 2.58 bits per heavy atom. The van der Waals surface area contributed by atoms with Crippen molar-refractivity contribution in [2.45, 2.75) is 43.9 Å². The Labute approximate surface area is 123 Å². The molecule has 2 N–H and O–H groups in total. The molecule has 3 heteroatoms. The zero-order chi connectivity index (χ0) is 13.3. The van der Waals surface area contributed by atoms with Gasteiger partial charge in [-0.15, -0.1) is 0 Å². The molecule has 2 aliphatic carbocycles. The molecule has 0 bridgehead atoms. The lowest BCUT2D eigenvalue weighted by atomic mass is 9.79. The summed E-state index contributed by atoms with van der Waals surface area (Å²) in [4.78, 5) is 0. The molecule has 1 aromatic rings. The highest BCUT2D eigenvalue weighted by molar-refractivity contribution is 9.10. The fourth-order valence-corrected chi connectivity index (χ4v) is 3.59. The van der Waals surface area contributed by atoms with E-state index < -0.39 is 0 Å². The van der Waals surface area contributed by atoms with Gasteiger partial charge in [-0.05, 0) is 55.4 Å². The van der Waals surface area contributed by atoms with Crippen LogP contribution in [0.25, 0.3) is 0 Å². The van der Waals surface area contributed by atoms with Gasteiger partial charge in [0, 0.05) is 16.4 Å². The van der Waals surface area contributed by atoms with E-state index >= 15 is 0 Å². The van der Waals surface area contributed by atoms with Gasteiger partial charge in [-0.1, -0.05) is 28.8 Å². The van der Waals surface area contributed by atoms with Gasteiger partial charge in [0.05, 0.1) is 6.61 Å². The van der Waals surface area contributed by atoms with Crippen LogP contribution in [0.4, 0.5) is 0 Å². The van der Waals surface area contributed by atoms with E-state index in [4.69, 9.17) is 10.5 Å². The standard InChI is InChI=1S/C16H22BrNO/c17-14-7-13(16(11-18)5-1-2-6-16)8-15(9-14)19-10-12-3-4-12/h7-9,12H,1-6,10-11,18H2. The smallest absolute Gasteiger partial charge is 0.120 e. The fourth-order valence-electron chi connectivity index (χ4n) is 3.11. The summed E-state index contributed by atoms with van der Waals surface area (Å²) in [6.45, 7) is 1.61. The predicted octanol–water partition coefficient (Wildman–Crippen LogP) is 4.01. The van der Waals surface area contributed by atoms with Gasteiger partial charge in [-0.2, -0.15) is 0 Å². The number of nitrogens with two attached hydrogens (primary N) is 1. The number of rotatable bonds is 5. The summed E-state index contributed by atoms with van der Waals surface area (Å²) in [6, 6.07) is 6.51. The Bertz CT molecular complexity index is 450. The number of hydrogen-bond donors (Lipinski definition) is 1. The van der Waals surface area contributed by atoms with E-state index in [-0.39, 0.29) is 5.41 Å². The van der Waals surface area contributed by atoms with Crippen LogP contribution in [-0.4, -0.2) is 13.2 Å². The van der Waals surface area contributed by atoms with Crippen LogP contribution in [0.2, 0.25) is 0 Å². The van der Waals surface area contributed by atoms with Crippen LogP contribution in [0.3, 0.4) is 0 Å². The molecule has 0 saturated heterocycles. The van der Waals surface area contributed by atoms with Crippen molar-refractivity contribution >= 4 is 15.9 Å². The molecule has 0 unspecified atom stereocenters. The molecule has 2 aliphatic rings. The number of hydrogen-bond acceptors (Lipinski definition) is 2. The van der Waals surface area contributed by atoms with Crippen molar-refractivity contribution in [3.05, 3.63) is 28.2 Å². The molecule has 0 aliphatic heterocycles. The minimum atomic E-state index is 0.182. The summed E-state index contributed by atoms with van der Waals surface area (Å²) in [5.74, 6) is 1.79. The lowest BCUT2D eigenvalue weighted by Gasteiger charge is -2.28. The number of benzene rings is 1. The van der Waals surface area contributed by atoms with Crippen molar-refractivity contribution in [3.8, 4) is 5.75 Å². The van der Waals surface area contributed by atoms with E-state index in [2.05, 4.69) is 34.1 Å². The third-order valence-corrected chi connectivity index (χ3v) is 5.08. The molecule has 104 valence electrons. The normalized spacial score (nSPS) is 21.6. The first-order chi connectivity index (χ1) is 9.22. The molecule has 3 rings (SSSR count). The zero-order valence-corrected chi connectivity index (χ0v) is 12.9. The van der Waals surface area contributed by atoms with E-state index in [1.165, 1.54) is 44.1 Å². The molecule has 2 fully saturated rings. The second kappa shape index (κ2) is 5.45. The number of ether oxygens (including phenoxy) is 1. The van der Waals surface area contributed by atoms with Crippen molar-refractivity contribution in [1.29, 1.82) is 0 Å². The van der Waals surface area contributed by atoms with Crippen molar-refractivity contribution in [3.63, 3.8) is 0 Å². The lowest BCUT2D eigenvalue weighted by Crippen LogP contribution is -2.32. The Morgan fingerprint density at radius 2 is 1.95 bits per heavy atom. The summed E-state index contributed by atoms with van der Waals surface area (Å²) in [5.41, 5.74) is 7.61. The minimum absolute atomic E-state index is 0.182. The second-order valence-corrected chi connectivity index (χ2v) is 7.04. The van der Waals surface area contributed by atoms with Gasteiger partial charge in [0.25, 0.3) is 0 Å². The third-order valence-electron chi connectivity index (χ3n) is 4.62. The van der Waals surface area contributed by atoms with Crippen LogP contribution in [-0.2, 0) is 5.41 Å². The molecule has 0 spiro atoms. The van der Waals surface area contributed by atoms with E-state index in [1.54, 1.807) is 0 Å². The number of halogens is 1. The van der Waals surface area contributed by atoms with Crippen LogP contribution < -0.4 is 10.5 Å². The summed E-state index contributed by atoms with van der Waals surface area (Å²) in [7, 11) is 0. The maximum Gasteiger partial charge on any atom is 0.120 e. The zero-order valence-electron chi connectivity index (χ0n) is 11.3. The fraction of sp³-hybridized carbons (Fsp3) is 0.625. The maximum atomic E-state index is 6.08. The van der Waals surface area contributed by atoms with Gasteiger partial charge in [0.15, 0.2) is 0 Å². The Kier molecular flexibility index (Phi) is 3.86. The first kappa shape index (κ1) is 13.4. The van der Waals surface area contributed by atoms with E-state index in [0.717, 1.165) is 29.3 Å². The van der Waals surface area contributed by atoms with Gasteiger partial charge in [-0.3, -0.25) is 0 Å². The second-order valence-electron chi connectivity index (χ2n) is 6.12. The minimum Gasteiger partial charge on any atom is -0.493 e. The molecule has 2 saturated carbocycles. The van der Waals surface area contributed by atoms with E-state index in [9.17, 15) is 0 Å². The summed E-state index contributed by atoms with van der Waals surface area (Å²) >= 11 is 3.62. The molecule has 0 atom stereocenters. The highest BCUT2D eigenvalue weighted by Crippen LogP contribution is 2.42. The largest absolute Gasteiger partial charge is 0.493 e. The monoisotopic (exact) mass is 323 g/mol. The van der Waals surface area contributed by atoms with Crippen LogP contribution in [0.1, 0.15) is 44.1 Å². The molecule has 0 amide bonds. The lowest BCUT2D eigenvalue weighted by molar-refractivity contribution is 0.298. The van der Waals surface area contributed by atoms with E-state index in [1.807, 2.05) is 0 Å². The molecule has 0 heterocycles. The Hall–Kier alpha value is -0.540. The molecule has 2 nitrogen and oxygen atoms in total. The van der Waals surface area contributed by atoms with E-state index in [0.29, 0.717) is 0 Å². The molecule has 0 aromatic heterocycles. The summed E-state index contributed by atoms with van der Waals surface area (Å²) in [6.07, 6.45) is 7.66. The van der Waals surface area contributed by atoms with Crippen molar-refractivity contribution in [2.75, 3.05) is 13.2 Å². The highest BCUT2D eigenvalue weighted by atomic mass is 79.9.